The van der Waals surface area contributed by atoms with Crippen molar-refractivity contribution in [3.63, 3.8) is 0 Å². The molecule has 0 bridgehead atoms. The number of ether oxygens (including phenoxy) is 2. The number of hydrogen-bond donors (Lipinski definition) is 1. The van der Waals surface area contributed by atoms with Gasteiger partial charge in [-0.05, 0) is 68.0 Å². The number of methoxy groups -OCH3 is 2. The van der Waals surface area contributed by atoms with Gasteiger partial charge in [0.15, 0.2) is 11.5 Å². The smallest absolute Gasteiger partial charge is 0.264 e. The van der Waals surface area contributed by atoms with Crippen molar-refractivity contribution >= 4 is 23.4 Å². The molecule has 0 spiro atoms. The largest absolute Gasteiger partial charge is 0.493 e. The molecule has 3 amide bonds. The van der Waals surface area contributed by atoms with E-state index in [9.17, 15) is 14.4 Å². The molecule has 0 saturated carbocycles. The van der Waals surface area contributed by atoms with Crippen molar-refractivity contribution in [3.05, 3.63) is 101 Å². The summed E-state index contributed by atoms with van der Waals surface area (Å²) in [6.45, 7) is 12.6. The summed E-state index contributed by atoms with van der Waals surface area (Å²) in [5.41, 5.74) is 4.03. The van der Waals surface area contributed by atoms with Gasteiger partial charge in [-0.2, -0.15) is 0 Å². The zero-order chi connectivity index (χ0) is 35.3. The molecule has 0 unspecified atom stereocenters. The van der Waals surface area contributed by atoms with Gasteiger partial charge in [0.05, 0.1) is 37.1 Å². The number of rotatable bonds is 13. The first-order chi connectivity index (χ1) is 23.8. The van der Waals surface area contributed by atoms with E-state index in [-0.39, 0.29) is 17.7 Å². The number of piperazine rings is 1. The van der Waals surface area contributed by atoms with Crippen LogP contribution in [-0.4, -0.2) is 80.5 Å². The maximum atomic E-state index is 14.0. The molecule has 2 atom stereocenters. The molecule has 264 valence electrons. The van der Waals surface area contributed by atoms with E-state index in [1.807, 2.05) is 50.3 Å². The molecule has 5 rings (SSSR count). The average Bonchev–Trinajstić information content (AvgIpc) is 3.25. The van der Waals surface area contributed by atoms with E-state index in [1.165, 1.54) is 10.5 Å². The molecule has 1 fully saturated rings. The summed E-state index contributed by atoms with van der Waals surface area (Å²) in [6, 6.07) is 16.1. The minimum atomic E-state index is -0.399. The van der Waals surface area contributed by atoms with Crippen LogP contribution in [0.4, 0.5) is 5.69 Å². The lowest BCUT2D eigenvalue weighted by atomic mass is 10.0. The monoisotopic (exact) mass is 670 g/mol. The van der Waals surface area contributed by atoms with Gasteiger partial charge in [-0.15, -0.1) is 0 Å². The Morgan fingerprint density at radius 2 is 1.57 bits per heavy atom. The van der Waals surface area contributed by atoms with Crippen LogP contribution in [0.25, 0.3) is 0 Å². The summed E-state index contributed by atoms with van der Waals surface area (Å²) < 4.78 is 11.0. The summed E-state index contributed by atoms with van der Waals surface area (Å²) in [4.78, 5) is 44.7. The Kier molecular flexibility index (Phi) is 14.1. The van der Waals surface area contributed by atoms with Gasteiger partial charge >= 0.3 is 0 Å². The summed E-state index contributed by atoms with van der Waals surface area (Å²) in [7, 11) is 3.20. The lowest BCUT2D eigenvalue weighted by Crippen LogP contribution is -2.47. The van der Waals surface area contributed by atoms with Crippen LogP contribution in [0.1, 0.15) is 98.5 Å². The van der Waals surface area contributed by atoms with E-state index < -0.39 is 6.04 Å². The van der Waals surface area contributed by atoms with Crippen molar-refractivity contribution in [2.45, 2.75) is 78.3 Å². The molecular formula is C40H54N4O5. The number of anilines is 1. The van der Waals surface area contributed by atoms with Crippen molar-refractivity contribution < 1.29 is 23.9 Å². The SMILES string of the molecule is CCCCNC(=O)CCC.CC[C@H](C1=CCC=C(OC)C(OC)=C1)N1C(=O)c2cccc(N3CCN([C@H](C)c4ccccc4)CC3)c2C1=O. The van der Waals surface area contributed by atoms with Crippen molar-refractivity contribution in [3.8, 4) is 0 Å². The molecule has 2 aromatic rings. The highest BCUT2D eigenvalue weighted by atomic mass is 16.5. The highest BCUT2D eigenvalue weighted by Gasteiger charge is 2.43. The third-order valence-electron chi connectivity index (χ3n) is 9.46. The van der Waals surface area contributed by atoms with E-state index >= 15 is 0 Å². The predicted octanol–water partition coefficient (Wildman–Crippen LogP) is 7.04. The Morgan fingerprint density at radius 3 is 2.20 bits per heavy atom. The third kappa shape index (κ3) is 9.01. The van der Waals surface area contributed by atoms with Crippen molar-refractivity contribution in [2.24, 2.45) is 0 Å². The Balaban J connectivity index is 0.000000471. The number of amides is 3. The first-order valence-corrected chi connectivity index (χ1v) is 17.8. The molecule has 2 aromatic carbocycles. The van der Waals surface area contributed by atoms with Crippen LogP contribution in [0.3, 0.4) is 0 Å². The third-order valence-corrected chi connectivity index (χ3v) is 9.46. The second-order valence-corrected chi connectivity index (χ2v) is 12.6. The number of allylic oxidation sites excluding steroid dienone is 2. The summed E-state index contributed by atoms with van der Waals surface area (Å²) in [5.74, 6) is 0.951. The van der Waals surface area contributed by atoms with Gasteiger partial charge in [-0.25, -0.2) is 0 Å². The lowest BCUT2D eigenvalue weighted by Gasteiger charge is -2.39. The van der Waals surface area contributed by atoms with Gasteiger partial charge in [-0.1, -0.05) is 69.7 Å². The molecule has 49 heavy (non-hydrogen) atoms. The van der Waals surface area contributed by atoms with Crippen LogP contribution in [0.2, 0.25) is 0 Å². The molecule has 2 aliphatic heterocycles. The van der Waals surface area contributed by atoms with E-state index in [0.29, 0.717) is 47.9 Å². The Bertz CT molecular complexity index is 1520. The van der Waals surface area contributed by atoms with Gasteiger partial charge < -0.3 is 19.7 Å². The van der Waals surface area contributed by atoms with Crippen LogP contribution < -0.4 is 10.2 Å². The highest BCUT2D eigenvalue weighted by Crippen LogP contribution is 2.36. The number of carbonyl (C=O) groups excluding carboxylic acids is 3. The molecule has 9 heteroatoms. The van der Waals surface area contributed by atoms with Gasteiger partial charge in [0.1, 0.15) is 0 Å². The molecule has 0 radical (unpaired) electrons. The molecule has 1 saturated heterocycles. The number of hydrogen-bond acceptors (Lipinski definition) is 7. The van der Waals surface area contributed by atoms with Crippen molar-refractivity contribution in [2.75, 3.05) is 51.8 Å². The van der Waals surface area contributed by atoms with Crippen LogP contribution in [0, 0.1) is 0 Å². The number of carbonyl (C=O) groups is 3. The van der Waals surface area contributed by atoms with Crippen LogP contribution in [0.5, 0.6) is 0 Å². The first-order valence-electron chi connectivity index (χ1n) is 17.8. The number of fused-ring (bicyclic) bond motifs is 1. The highest BCUT2D eigenvalue weighted by molar-refractivity contribution is 6.24. The van der Waals surface area contributed by atoms with E-state index in [1.54, 1.807) is 20.3 Å². The summed E-state index contributed by atoms with van der Waals surface area (Å²) >= 11 is 0. The fourth-order valence-electron chi connectivity index (χ4n) is 6.67. The normalized spacial score (nSPS) is 17.5. The van der Waals surface area contributed by atoms with Crippen molar-refractivity contribution in [1.82, 2.24) is 15.1 Å². The Labute approximate surface area is 292 Å². The number of benzene rings is 2. The van der Waals surface area contributed by atoms with Gasteiger partial charge in [-0.3, -0.25) is 24.2 Å². The second kappa shape index (κ2) is 18.4. The predicted molar refractivity (Wildman–Crippen MR) is 195 cm³/mol. The van der Waals surface area contributed by atoms with E-state index in [0.717, 1.165) is 63.2 Å². The fourth-order valence-corrected chi connectivity index (χ4v) is 6.67. The minimum absolute atomic E-state index is 0.191. The van der Waals surface area contributed by atoms with E-state index in [2.05, 4.69) is 53.2 Å². The maximum Gasteiger partial charge on any atom is 0.264 e. The molecule has 2 heterocycles. The van der Waals surface area contributed by atoms with Crippen LogP contribution in [-0.2, 0) is 14.3 Å². The van der Waals surface area contributed by atoms with Crippen LogP contribution in [0.15, 0.2) is 83.9 Å². The maximum absolute atomic E-state index is 14.0. The van der Waals surface area contributed by atoms with Crippen molar-refractivity contribution in [1.29, 1.82) is 0 Å². The van der Waals surface area contributed by atoms with Gasteiger partial charge in [0.25, 0.3) is 11.8 Å². The zero-order valence-corrected chi connectivity index (χ0v) is 30.2. The molecule has 0 aromatic heterocycles. The number of unbranched alkanes of at least 4 members (excludes halogenated alkanes) is 1. The molecular weight excluding hydrogens is 616 g/mol. The Morgan fingerprint density at radius 1 is 0.857 bits per heavy atom. The quantitative estimate of drug-likeness (QED) is 0.181. The first kappa shape index (κ1) is 37.4. The van der Waals surface area contributed by atoms with Gasteiger partial charge in [0, 0.05) is 45.2 Å². The molecule has 1 N–H and O–H groups in total. The number of nitrogens with zero attached hydrogens (tertiary/aromatic N) is 3. The lowest BCUT2D eigenvalue weighted by molar-refractivity contribution is -0.121. The van der Waals surface area contributed by atoms with Crippen LogP contribution >= 0.6 is 0 Å². The molecule has 1 aliphatic carbocycles. The molecule has 3 aliphatic rings. The Hall–Kier alpha value is -4.37. The average molecular weight is 671 g/mol. The summed E-state index contributed by atoms with van der Waals surface area (Å²) in [6.07, 6.45) is 10.9. The molecule has 9 nitrogen and oxygen atoms in total. The number of nitrogens with one attached hydrogen (secondary N) is 1. The van der Waals surface area contributed by atoms with Gasteiger partial charge in [0.2, 0.25) is 5.91 Å². The number of imide groups is 1. The topological polar surface area (TPSA) is 91.4 Å². The standard InChI is InChI=1S/C32H37N3O4.C8H17NO/c1-5-26(24-13-9-16-28(38-3)29(21-24)39-4)35-31(36)25-14-10-15-27(30(25)32(35)37)34-19-17-33(18-20-34)22(2)23-11-7-6-8-12-23;1-3-5-7-9-8(10)6-4-2/h6-8,10-16,21-22,26H,5,9,17-20H2,1-4H3;3-7H2,1-2H3,(H,9,10)/t22-,26-;/m1./s1. The fraction of sp³-hybridized carbons (Fsp3) is 0.475. The zero-order valence-electron chi connectivity index (χ0n) is 30.2. The minimum Gasteiger partial charge on any atom is -0.493 e. The second-order valence-electron chi connectivity index (χ2n) is 12.6. The summed E-state index contributed by atoms with van der Waals surface area (Å²) in [5, 5.41) is 2.85. The van der Waals surface area contributed by atoms with E-state index in [4.69, 9.17) is 9.47 Å².